The number of alkyl halides is 3. The summed E-state index contributed by atoms with van der Waals surface area (Å²) in [6, 6.07) is 0. The van der Waals surface area contributed by atoms with E-state index >= 15 is 0 Å². The van der Waals surface area contributed by atoms with Crippen molar-refractivity contribution in [1.29, 1.82) is 0 Å². The van der Waals surface area contributed by atoms with Gasteiger partial charge in [-0.15, -0.1) is 0 Å². The average molecular weight is 253 g/mol. The maximum Gasteiger partial charge on any atom is 0.389 e. The predicted octanol–water partition coefficient (Wildman–Crippen LogP) is 2.96. The van der Waals surface area contributed by atoms with Gasteiger partial charge >= 0.3 is 6.18 Å². The molecule has 17 heavy (non-hydrogen) atoms. The molecule has 0 aliphatic carbocycles. The Bertz CT molecular complexity index is 232. The van der Waals surface area contributed by atoms with E-state index in [1.165, 1.54) is 0 Å². The molecule has 2 nitrogen and oxygen atoms in total. The van der Waals surface area contributed by atoms with Crippen molar-refractivity contribution in [2.45, 2.75) is 57.2 Å². The second-order valence-electron chi connectivity index (χ2n) is 4.98. The van der Waals surface area contributed by atoms with Gasteiger partial charge in [0.05, 0.1) is 5.60 Å². The molecule has 0 saturated carbocycles. The number of rotatable bonds is 4. The predicted molar refractivity (Wildman–Crippen MR) is 60.8 cm³/mol. The van der Waals surface area contributed by atoms with Gasteiger partial charge in [0, 0.05) is 13.0 Å². The summed E-state index contributed by atoms with van der Waals surface area (Å²) >= 11 is 0. The Morgan fingerprint density at radius 1 is 1.24 bits per heavy atom. The summed E-state index contributed by atoms with van der Waals surface area (Å²) in [5.41, 5.74) is -0.880. The minimum absolute atomic E-state index is 0.0339. The van der Waals surface area contributed by atoms with Gasteiger partial charge in [-0.05, 0) is 45.2 Å². The second kappa shape index (κ2) is 6.05. The topological polar surface area (TPSA) is 23.5 Å². The summed E-state index contributed by atoms with van der Waals surface area (Å²) in [5, 5.41) is 10.3. The van der Waals surface area contributed by atoms with Crippen molar-refractivity contribution < 1.29 is 18.3 Å². The Hall–Kier alpha value is -0.290. The van der Waals surface area contributed by atoms with Crippen LogP contribution in [-0.2, 0) is 0 Å². The van der Waals surface area contributed by atoms with E-state index in [-0.39, 0.29) is 12.8 Å². The van der Waals surface area contributed by atoms with Crippen LogP contribution in [0.1, 0.15) is 45.4 Å². The summed E-state index contributed by atoms with van der Waals surface area (Å²) in [6.45, 7) is 4.74. The van der Waals surface area contributed by atoms with Gasteiger partial charge in [-0.3, -0.25) is 0 Å². The highest BCUT2D eigenvalue weighted by Gasteiger charge is 2.32. The fraction of sp³-hybridized carbons (Fsp3) is 1.00. The van der Waals surface area contributed by atoms with Crippen LogP contribution in [0.5, 0.6) is 0 Å². The Balaban J connectivity index is 2.35. The van der Waals surface area contributed by atoms with E-state index in [0.717, 1.165) is 26.1 Å². The first-order valence-corrected chi connectivity index (χ1v) is 6.36. The van der Waals surface area contributed by atoms with Crippen molar-refractivity contribution in [3.8, 4) is 0 Å². The van der Waals surface area contributed by atoms with Crippen molar-refractivity contribution in [3.05, 3.63) is 0 Å². The molecule has 1 heterocycles. The second-order valence-corrected chi connectivity index (χ2v) is 4.98. The van der Waals surface area contributed by atoms with Crippen LogP contribution >= 0.6 is 0 Å². The SMILES string of the molecule is CCN1CCCC(O)(CCCC(F)(F)F)CC1. The van der Waals surface area contributed by atoms with Gasteiger partial charge in [-0.2, -0.15) is 13.2 Å². The standard InChI is InChI=1S/C12H22F3NO/c1-2-16-9-4-6-11(17,8-10-16)5-3-7-12(13,14)15/h17H,2-10H2,1H3. The lowest BCUT2D eigenvalue weighted by Gasteiger charge is -2.27. The van der Waals surface area contributed by atoms with Crippen molar-refractivity contribution in [3.63, 3.8) is 0 Å². The van der Waals surface area contributed by atoms with Crippen LogP contribution in [0.3, 0.4) is 0 Å². The van der Waals surface area contributed by atoms with Crippen molar-refractivity contribution >= 4 is 0 Å². The molecule has 0 aromatic rings. The molecule has 1 saturated heterocycles. The lowest BCUT2D eigenvalue weighted by atomic mass is 9.89. The molecule has 1 rings (SSSR count). The molecule has 1 aliphatic heterocycles. The molecule has 0 aromatic heterocycles. The normalized spacial score (nSPS) is 28.1. The van der Waals surface area contributed by atoms with Crippen LogP contribution < -0.4 is 0 Å². The quantitative estimate of drug-likeness (QED) is 0.832. The fourth-order valence-corrected chi connectivity index (χ4v) is 2.42. The third-order valence-corrected chi connectivity index (χ3v) is 3.56. The van der Waals surface area contributed by atoms with E-state index < -0.39 is 18.2 Å². The maximum absolute atomic E-state index is 12.0. The van der Waals surface area contributed by atoms with Gasteiger partial charge in [-0.1, -0.05) is 6.92 Å². The zero-order chi connectivity index (χ0) is 12.9. The zero-order valence-corrected chi connectivity index (χ0v) is 10.4. The minimum Gasteiger partial charge on any atom is -0.390 e. The Kier molecular flexibility index (Phi) is 5.25. The number of halogens is 3. The molecule has 0 spiro atoms. The van der Waals surface area contributed by atoms with E-state index in [1.807, 2.05) is 0 Å². The monoisotopic (exact) mass is 253 g/mol. The molecule has 102 valence electrons. The van der Waals surface area contributed by atoms with Crippen LogP contribution in [0.4, 0.5) is 13.2 Å². The fourth-order valence-electron chi connectivity index (χ4n) is 2.42. The van der Waals surface area contributed by atoms with Crippen molar-refractivity contribution in [2.24, 2.45) is 0 Å². The number of hydrogen-bond donors (Lipinski definition) is 1. The maximum atomic E-state index is 12.0. The third kappa shape index (κ3) is 5.73. The van der Waals surface area contributed by atoms with Gasteiger partial charge in [-0.25, -0.2) is 0 Å². The van der Waals surface area contributed by atoms with Gasteiger partial charge in [0.25, 0.3) is 0 Å². The first-order valence-electron chi connectivity index (χ1n) is 6.36. The third-order valence-electron chi connectivity index (χ3n) is 3.56. The lowest BCUT2D eigenvalue weighted by Crippen LogP contribution is -2.31. The van der Waals surface area contributed by atoms with Crippen molar-refractivity contribution in [2.75, 3.05) is 19.6 Å². The first-order chi connectivity index (χ1) is 7.85. The molecular formula is C12H22F3NO. The molecule has 0 radical (unpaired) electrons. The number of nitrogens with zero attached hydrogens (tertiary/aromatic N) is 1. The summed E-state index contributed by atoms with van der Waals surface area (Å²) < 4.78 is 36.1. The molecule has 1 N–H and O–H groups in total. The molecule has 1 aliphatic rings. The van der Waals surface area contributed by atoms with Crippen LogP contribution in [0, 0.1) is 0 Å². The van der Waals surface area contributed by atoms with E-state index in [2.05, 4.69) is 11.8 Å². The molecule has 0 aromatic carbocycles. The van der Waals surface area contributed by atoms with Crippen LogP contribution in [0.2, 0.25) is 0 Å². The molecule has 1 fully saturated rings. The molecule has 5 heteroatoms. The first kappa shape index (κ1) is 14.8. The summed E-state index contributed by atoms with van der Waals surface area (Å²) in [4.78, 5) is 2.24. The summed E-state index contributed by atoms with van der Waals surface area (Å²) in [7, 11) is 0. The Labute approximate surface area is 101 Å². The largest absolute Gasteiger partial charge is 0.390 e. The van der Waals surface area contributed by atoms with Crippen LogP contribution in [0.25, 0.3) is 0 Å². The average Bonchev–Trinajstić information content (AvgIpc) is 2.38. The highest BCUT2D eigenvalue weighted by molar-refractivity contribution is 4.83. The highest BCUT2D eigenvalue weighted by Crippen LogP contribution is 2.30. The molecule has 1 unspecified atom stereocenters. The van der Waals surface area contributed by atoms with Gasteiger partial charge in [0.1, 0.15) is 0 Å². The number of likely N-dealkylation sites (tertiary alicyclic amines) is 1. The van der Waals surface area contributed by atoms with E-state index in [1.54, 1.807) is 0 Å². The minimum atomic E-state index is -4.10. The van der Waals surface area contributed by atoms with Crippen LogP contribution in [-0.4, -0.2) is 41.4 Å². The van der Waals surface area contributed by atoms with E-state index in [0.29, 0.717) is 12.8 Å². The number of aliphatic hydroxyl groups is 1. The van der Waals surface area contributed by atoms with E-state index in [4.69, 9.17) is 0 Å². The van der Waals surface area contributed by atoms with E-state index in [9.17, 15) is 18.3 Å². The summed E-state index contributed by atoms with van der Waals surface area (Å²) in [5.74, 6) is 0. The molecule has 1 atom stereocenters. The van der Waals surface area contributed by atoms with Gasteiger partial charge in [0.2, 0.25) is 0 Å². The van der Waals surface area contributed by atoms with Crippen LogP contribution in [0.15, 0.2) is 0 Å². The highest BCUT2D eigenvalue weighted by atomic mass is 19.4. The molecule has 0 bridgehead atoms. The number of hydrogen-bond acceptors (Lipinski definition) is 2. The van der Waals surface area contributed by atoms with Gasteiger partial charge in [0.15, 0.2) is 0 Å². The Morgan fingerprint density at radius 2 is 1.94 bits per heavy atom. The van der Waals surface area contributed by atoms with Gasteiger partial charge < -0.3 is 10.0 Å². The zero-order valence-electron chi connectivity index (χ0n) is 10.4. The summed E-state index contributed by atoms with van der Waals surface area (Å²) in [6.07, 6.45) is -2.49. The Morgan fingerprint density at radius 3 is 2.53 bits per heavy atom. The van der Waals surface area contributed by atoms with Crippen molar-refractivity contribution in [1.82, 2.24) is 4.90 Å². The lowest BCUT2D eigenvalue weighted by molar-refractivity contribution is -0.138. The smallest absolute Gasteiger partial charge is 0.389 e. The molecular weight excluding hydrogens is 231 g/mol. The molecule has 0 amide bonds.